The van der Waals surface area contributed by atoms with Crippen LogP contribution in [0.4, 0.5) is 5.69 Å². The Hall–Kier alpha value is -1.41. The predicted octanol–water partition coefficient (Wildman–Crippen LogP) is 3.41. The summed E-state index contributed by atoms with van der Waals surface area (Å²) < 4.78 is 49.6. The van der Waals surface area contributed by atoms with E-state index in [1.54, 1.807) is 12.1 Å². The largest absolute Gasteiger partial charge is 0.293 e. The van der Waals surface area contributed by atoms with E-state index in [4.69, 9.17) is 0 Å². The number of benzene rings is 1. The van der Waals surface area contributed by atoms with Crippen molar-refractivity contribution in [3.8, 4) is 0 Å². The molecule has 6 nitrogen and oxygen atoms in total. The van der Waals surface area contributed by atoms with Crippen molar-refractivity contribution >= 4 is 31.3 Å². The van der Waals surface area contributed by atoms with Crippen LogP contribution in [-0.4, -0.2) is 40.4 Å². The Labute approximate surface area is 157 Å². The molecule has 0 saturated carbocycles. The first-order valence-corrected chi connectivity index (χ1v) is 12.7. The third-order valence-corrected chi connectivity index (χ3v) is 6.05. The molecule has 26 heavy (non-hydrogen) atoms. The van der Waals surface area contributed by atoms with Gasteiger partial charge in [0.1, 0.15) is 5.75 Å². The molecule has 0 aliphatic heterocycles. The van der Waals surface area contributed by atoms with E-state index < -0.39 is 31.4 Å². The van der Waals surface area contributed by atoms with Gasteiger partial charge in [0.15, 0.2) is 15.6 Å². The van der Waals surface area contributed by atoms with Crippen LogP contribution < -0.4 is 4.72 Å². The van der Waals surface area contributed by atoms with Crippen molar-refractivity contribution in [3.63, 3.8) is 0 Å². The first-order chi connectivity index (χ1) is 12.1. The lowest BCUT2D eigenvalue weighted by atomic mass is 10.1. The van der Waals surface area contributed by atoms with Crippen LogP contribution >= 0.6 is 0 Å². The van der Waals surface area contributed by atoms with Crippen molar-refractivity contribution in [2.24, 2.45) is 0 Å². The molecule has 0 fully saturated rings. The minimum absolute atomic E-state index is 0.0185. The lowest BCUT2D eigenvalue weighted by Gasteiger charge is -2.12. The summed E-state index contributed by atoms with van der Waals surface area (Å²) in [5.41, 5.74) is 0.199. The molecule has 0 atom stereocenters. The zero-order valence-electron chi connectivity index (χ0n) is 15.5. The van der Waals surface area contributed by atoms with Gasteiger partial charge >= 0.3 is 0 Å². The highest BCUT2D eigenvalue weighted by Gasteiger charge is 2.19. The Balaban J connectivity index is 2.63. The first kappa shape index (κ1) is 22.6. The summed E-state index contributed by atoms with van der Waals surface area (Å²) in [6.07, 6.45) is 8.06. The minimum atomic E-state index is -3.58. The monoisotopic (exact) mass is 403 g/mol. The van der Waals surface area contributed by atoms with Crippen LogP contribution in [0.5, 0.6) is 0 Å². The van der Waals surface area contributed by atoms with Crippen molar-refractivity contribution in [2.45, 2.75) is 51.9 Å². The molecule has 0 aliphatic rings. The van der Waals surface area contributed by atoms with Gasteiger partial charge in [-0.05, 0) is 18.6 Å². The summed E-state index contributed by atoms with van der Waals surface area (Å²) in [5.74, 6) is -1.29. The van der Waals surface area contributed by atoms with Crippen molar-refractivity contribution in [3.05, 3.63) is 29.8 Å². The molecule has 0 unspecified atom stereocenters. The number of Topliss-reactive ketones (excluding diaryl/α,β-unsaturated/α-hetero) is 1. The summed E-state index contributed by atoms with van der Waals surface area (Å²) in [6, 6.07) is 6.07. The number of para-hydroxylation sites is 1. The Bertz CT molecular complexity index is 786. The predicted molar refractivity (Wildman–Crippen MR) is 106 cm³/mol. The fraction of sp³-hybridized carbons (Fsp3) is 0.611. The van der Waals surface area contributed by atoms with Crippen LogP contribution in [0.2, 0.25) is 0 Å². The summed E-state index contributed by atoms with van der Waals surface area (Å²) in [5, 5.41) is 0. The van der Waals surface area contributed by atoms with Crippen LogP contribution in [0.15, 0.2) is 24.3 Å². The number of anilines is 1. The molecule has 1 aromatic carbocycles. The minimum Gasteiger partial charge on any atom is -0.293 e. The Morgan fingerprint density at radius 3 is 2.12 bits per heavy atom. The molecule has 148 valence electrons. The van der Waals surface area contributed by atoms with Gasteiger partial charge in [-0.25, -0.2) is 16.8 Å². The number of hydrogen-bond donors (Lipinski definition) is 1. The van der Waals surface area contributed by atoms with Crippen molar-refractivity contribution in [1.82, 2.24) is 0 Å². The van der Waals surface area contributed by atoms with E-state index in [0.717, 1.165) is 25.5 Å². The molecule has 0 heterocycles. The molecule has 1 N–H and O–H groups in total. The normalized spacial score (nSPS) is 12.1. The van der Waals surface area contributed by atoms with Gasteiger partial charge < -0.3 is 0 Å². The van der Waals surface area contributed by atoms with E-state index in [1.165, 1.54) is 31.4 Å². The lowest BCUT2D eigenvalue weighted by molar-refractivity contribution is 0.102. The fourth-order valence-electron chi connectivity index (χ4n) is 2.60. The van der Waals surface area contributed by atoms with E-state index in [2.05, 4.69) is 11.6 Å². The second-order valence-corrected chi connectivity index (χ2v) is 10.6. The average molecular weight is 404 g/mol. The molecule has 0 spiro atoms. The number of nitrogens with one attached hydrogen (secondary N) is 1. The van der Waals surface area contributed by atoms with Crippen LogP contribution in [0.25, 0.3) is 0 Å². The maximum absolute atomic E-state index is 12.3. The van der Waals surface area contributed by atoms with E-state index in [1.807, 2.05) is 0 Å². The Morgan fingerprint density at radius 2 is 1.50 bits per heavy atom. The van der Waals surface area contributed by atoms with Crippen molar-refractivity contribution in [1.29, 1.82) is 0 Å². The zero-order chi connectivity index (χ0) is 19.6. The highest BCUT2D eigenvalue weighted by Crippen LogP contribution is 2.19. The number of ketones is 1. The zero-order valence-corrected chi connectivity index (χ0v) is 17.2. The maximum Gasteiger partial charge on any atom is 0.232 e. The molecule has 8 heteroatoms. The SMILES string of the molecule is CCCCCCCCCS(=O)(=O)Nc1ccccc1C(=O)CS(C)(=O)=O. The summed E-state index contributed by atoms with van der Waals surface area (Å²) in [6.45, 7) is 2.15. The van der Waals surface area contributed by atoms with Gasteiger partial charge in [-0.2, -0.15) is 0 Å². The highest BCUT2D eigenvalue weighted by molar-refractivity contribution is 7.92. The summed E-state index contributed by atoms with van der Waals surface area (Å²) in [4.78, 5) is 12.1. The van der Waals surface area contributed by atoms with E-state index in [0.29, 0.717) is 6.42 Å². The van der Waals surface area contributed by atoms with E-state index in [-0.39, 0.29) is 17.0 Å². The van der Waals surface area contributed by atoms with Gasteiger partial charge in [0.25, 0.3) is 0 Å². The number of sulfone groups is 1. The van der Waals surface area contributed by atoms with E-state index >= 15 is 0 Å². The molecular formula is C18H29NO5S2. The average Bonchev–Trinajstić information content (AvgIpc) is 2.52. The van der Waals surface area contributed by atoms with Crippen LogP contribution in [-0.2, 0) is 19.9 Å². The number of hydrogen-bond acceptors (Lipinski definition) is 5. The Morgan fingerprint density at radius 1 is 0.923 bits per heavy atom. The van der Waals surface area contributed by atoms with Crippen LogP contribution in [0.1, 0.15) is 62.2 Å². The molecule has 1 rings (SSSR count). The topological polar surface area (TPSA) is 97.4 Å². The number of carbonyl (C=O) groups is 1. The maximum atomic E-state index is 12.3. The number of rotatable bonds is 13. The number of carbonyl (C=O) groups excluding carboxylic acids is 1. The molecule has 0 radical (unpaired) electrons. The second-order valence-electron chi connectivity index (χ2n) is 6.58. The summed E-state index contributed by atoms with van der Waals surface area (Å²) >= 11 is 0. The van der Waals surface area contributed by atoms with Crippen LogP contribution in [0.3, 0.4) is 0 Å². The van der Waals surface area contributed by atoms with Gasteiger partial charge in [0.2, 0.25) is 10.0 Å². The fourth-order valence-corrected chi connectivity index (χ4v) is 4.43. The molecule has 0 saturated heterocycles. The highest BCUT2D eigenvalue weighted by atomic mass is 32.2. The van der Waals surface area contributed by atoms with Gasteiger partial charge in [-0.3, -0.25) is 9.52 Å². The molecule has 1 aromatic rings. The Kier molecular flexibility index (Phi) is 9.29. The van der Waals surface area contributed by atoms with Gasteiger partial charge in [-0.1, -0.05) is 57.6 Å². The molecule has 0 aliphatic carbocycles. The standard InChI is InChI=1S/C18H29NO5S2/c1-3-4-5-6-7-8-11-14-26(23,24)19-17-13-10-9-12-16(17)18(20)15-25(2,21)22/h9-10,12-13,19H,3-8,11,14-15H2,1-2H3. The third kappa shape index (κ3) is 9.33. The van der Waals surface area contributed by atoms with Crippen molar-refractivity contribution < 1.29 is 21.6 Å². The molecule has 0 aromatic heterocycles. The number of unbranched alkanes of at least 4 members (excludes halogenated alkanes) is 6. The first-order valence-electron chi connectivity index (χ1n) is 8.95. The third-order valence-electron chi connectivity index (χ3n) is 3.90. The lowest BCUT2D eigenvalue weighted by Crippen LogP contribution is -2.20. The van der Waals surface area contributed by atoms with E-state index in [9.17, 15) is 21.6 Å². The van der Waals surface area contributed by atoms with Crippen LogP contribution in [0, 0.1) is 0 Å². The van der Waals surface area contributed by atoms with Crippen molar-refractivity contribution in [2.75, 3.05) is 22.5 Å². The molecule has 0 amide bonds. The summed E-state index contributed by atoms with van der Waals surface area (Å²) in [7, 11) is -7.07. The van der Waals surface area contributed by atoms with Gasteiger partial charge in [0, 0.05) is 11.8 Å². The van der Waals surface area contributed by atoms with Gasteiger partial charge in [0.05, 0.1) is 11.4 Å². The van der Waals surface area contributed by atoms with Gasteiger partial charge in [-0.15, -0.1) is 0 Å². The molecule has 0 bridgehead atoms. The molecular weight excluding hydrogens is 374 g/mol. The number of sulfonamides is 1. The second kappa shape index (κ2) is 10.7. The smallest absolute Gasteiger partial charge is 0.232 e. The quantitative estimate of drug-likeness (QED) is 0.402.